The van der Waals surface area contributed by atoms with Gasteiger partial charge in [-0.2, -0.15) is 0 Å². The minimum absolute atomic E-state index is 0.00944. The number of hydrogen-bond donors (Lipinski definition) is 5. The van der Waals surface area contributed by atoms with Crippen LogP contribution in [0.1, 0.15) is 20.8 Å². The van der Waals surface area contributed by atoms with Gasteiger partial charge in [-0.15, -0.1) is 0 Å². The van der Waals surface area contributed by atoms with Crippen LogP contribution in [0.15, 0.2) is 24.5 Å². The molecule has 3 aromatic rings. The number of aromatic nitrogens is 3. The highest BCUT2D eigenvalue weighted by atomic mass is 16.3. The van der Waals surface area contributed by atoms with Gasteiger partial charge in [-0.25, -0.2) is 14.8 Å². The molecule has 2 heterocycles. The Morgan fingerprint density at radius 1 is 1.31 bits per heavy atom. The van der Waals surface area contributed by atoms with Gasteiger partial charge in [0, 0.05) is 11.9 Å². The Kier molecular flexibility index (Phi) is 5.22. The molecule has 2 aromatic heterocycles. The van der Waals surface area contributed by atoms with E-state index >= 15 is 0 Å². The number of rotatable bonds is 6. The van der Waals surface area contributed by atoms with Crippen molar-refractivity contribution in [1.82, 2.24) is 20.3 Å². The number of nitrogens with one attached hydrogen (secondary N) is 4. The van der Waals surface area contributed by atoms with E-state index in [1.54, 1.807) is 0 Å². The minimum atomic E-state index is -0.261. The molecule has 8 nitrogen and oxygen atoms in total. The summed E-state index contributed by atoms with van der Waals surface area (Å²) in [6.45, 7) is 6.50. The first-order chi connectivity index (χ1) is 12.5. The van der Waals surface area contributed by atoms with Crippen molar-refractivity contribution in [3.8, 4) is 0 Å². The zero-order valence-electron chi connectivity index (χ0n) is 15.1. The van der Waals surface area contributed by atoms with Gasteiger partial charge >= 0.3 is 6.03 Å². The third-order valence-electron chi connectivity index (χ3n) is 4.33. The number of nitrogens with zero attached hydrogens (tertiary/aromatic N) is 2. The topological polar surface area (TPSA) is 115 Å². The average molecular weight is 356 g/mol. The van der Waals surface area contributed by atoms with E-state index in [1.165, 1.54) is 6.33 Å². The molecule has 26 heavy (non-hydrogen) atoms. The average Bonchev–Trinajstić information content (AvgIpc) is 3.00. The Hall–Kier alpha value is -2.87. The first kappa shape index (κ1) is 17.9. The molecule has 1 atom stereocenters. The second-order valence-corrected chi connectivity index (χ2v) is 6.46. The summed E-state index contributed by atoms with van der Waals surface area (Å²) in [4.78, 5) is 23.8. The summed E-state index contributed by atoms with van der Waals surface area (Å²) in [5.41, 5.74) is 2.12. The molecule has 0 fully saturated rings. The minimum Gasteiger partial charge on any atom is -0.394 e. The lowest BCUT2D eigenvalue weighted by Gasteiger charge is -2.20. The quantitative estimate of drug-likeness (QED) is 0.466. The highest BCUT2D eigenvalue weighted by molar-refractivity contribution is 6.15. The fourth-order valence-electron chi connectivity index (χ4n) is 2.89. The molecule has 0 unspecified atom stereocenters. The summed E-state index contributed by atoms with van der Waals surface area (Å²) < 4.78 is 0. The molecular formula is C18H24N6O2. The first-order valence-corrected chi connectivity index (χ1v) is 8.72. The molecule has 0 aliphatic rings. The number of fused-ring (bicyclic) bond motifs is 3. The van der Waals surface area contributed by atoms with Crippen LogP contribution in [0.4, 0.5) is 16.3 Å². The lowest BCUT2D eigenvalue weighted by atomic mass is 10.1. The van der Waals surface area contributed by atoms with Gasteiger partial charge in [0.2, 0.25) is 0 Å². The molecule has 0 saturated heterocycles. The molecule has 0 saturated carbocycles. The summed E-state index contributed by atoms with van der Waals surface area (Å²) in [6, 6.07) is 5.28. The van der Waals surface area contributed by atoms with Crippen LogP contribution in [-0.4, -0.2) is 45.3 Å². The number of urea groups is 1. The summed E-state index contributed by atoms with van der Waals surface area (Å²) >= 11 is 0. The lowest BCUT2D eigenvalue weighted by Crippen LogP contribution is -2.29. The van der Waals surface area contributed by atoms with Gasteiger partial charge in [-0.1, -0.05) is 26.0 Å². The normalized spacial score (nSPS) is 12.5. The van der Waals surface area contributed by atoms with Crippen molar-refractivity contribution in [2.45, 2.75) is 26.8 Å². The molecule has 5 N–H and O–H groups in total. The van der Waals surface area contributed by atoms with Crippen molar-refractivity contribution < 1.29 is 9.90 Å². The number of hydrogen-bond acceptors (Lipinski definition) is 5. The van der Waals surface area contributed by atoms with Crippen LogP contribution in [0.2, 0.25) is 0 Å². The molecule has 138 valence electrons. The monoisotopic (exact) mass is 356 g/mol. The number of benzene rings is 1. The van der Waals surface area contributed by atoms with E-state index in [4.69, 9.17) is 0 Å². The molecule has 8 heteroatoms. The third kappa shape index (κ3) is 3.41. The Bertz CT molecular complexity index is 921. The van der Waals surface area contributed by atoms with E-state index in [1.807, 2.05) is 39.0 Å². The zero-order chi connectivity index (χ0) is 18.7. The maximum atomic E-state index is 11.9. The zero-order valence-corrected chi connectivity index (χ0v) is 15.1. The number of aliphatic hydroxyl groups is 1. The van der Waals surface area contributed by atoms with Gasteiger partial charge in [0.25, 0.3) is 0 Å². The van der Waals surface area contributed by atoms with Gasteiger partial charge in [0.15, 0.2) is 0 Å². The number of carbonyl (C=O) groups is 1. The summed E-state index contributed by atoms with van der Waals surface area (Å²) in [6.07, 6.45) is 1.48. The lowest BCUT2D eigenvalue weighted by molar-refractivity contribution is 0.249. The van der Waals surface area contributed by atoms with E-state index < -0.39 is 0 Å². The molecule has 0 aliphatic carbocycles. The standard InChI is InChI=1S/C18H24N6O2/c1-4-19-18(26)23-12-7-5-6-11-14-16(22-13(8-25)10(2)3)20-9-21-17(14)24-15(11)12/h5-7,9-10,13,25H,4,8H2,1-3H3,(H2,19,23,26)(H2,20,21,22,24)/t13-/m0/s1. The van der Waals surface area contributed by atoms with Gasteiger partial charge < -0.3 is 26.0 Å². The van der Waals surface area contributed by atoms with Crippen LogP contribution in [0, 0.1) is 5.92 Å². The van der Waals surface area contributed by atoms with E-state index in [9.17, 15) is 9.90 Å². The van der Waals surface area contributed by atoms with Crippen LogP contribution in [0.5, 0.6) is 0 Å². The van der Waals surface area contributed by atoms with E-state index in [0.717, 1.165) is 16.3 Å². The van der Waals surface area contributed by atoms with Crippen LogP contribution >= 0.6 is 0 Å². The number of anilines is 2. The Balaban J connectivity index is 2.08. The number of carbonyl (C=O) groups excluding carboxylic acids is 1. The maximum Gasteiger partial charge on any atom is 0.319 e. The largest absolute Gasteiger partial charge is 0.394 e. The predicted octanol–water partition coefficient (Wildman–Crippen LogP) is 2.68. The smallest absolute Gasteiger partial charge is 0.319 e. The van der Waals surface area contributed by atoms with Crippen LogP contribution in [-0.2, 0) is 0 Å². The second-order valence-electron chi connectivity index (χ2n) is 6.46. The molecular weight excluding hydrogens is 332 g/mol. The highest BCUT2D eigenvalue weighted by Gasteiger charge is 2.18. The maximum absolute atomic E-state index is 11.9. The Morgan fingerprint density at radius 2 is 2.12 bits per heavy atom. The predicted molar refractivity (Wildman–Crippen MR) is 103 cm³/mol. The molecule has 0 radical (unpaired) electrons. The molecule has 1 aromatic carbocycles. The van der Waals surface area contributed by atoms with Gasteiger partial charge in [-0.3, -0.25) is 0 Å². The van der Waals surface area contributed by atoms with Crippen molar-refractivity contribution in [3.05, 3.63) is 24.5 Å². The number of para-hydroxylation sites is 1. The third-order valence-corrected chi connectivity index (χ3v) is 4.33. The van der Waals surface area contributed by atoms with Crippen molar-refractivity contribution in [2.24, 2.45) is 5.92 Å². The van der Waals surface area contributed by atoms with Crippen molar-refractivity contribution in [1.29, 1.82) is 0 Å². The number of H-pyrrole nitrogens is 1. The summed E-state index contributed by atoms with van der Waals surface area (Å²) in [5.74, 6) is 0.898. The molecule has 0 bridgehead atoms. The van der Waals surface area contributed by atoms with Gasteiger partial charge in [0.05, 0.1) is 29.2 Å². The van der Waals surface area contributed by atoms with E-state index in [0.29, 0.717) is 23.7 Å². The molecule has 2 amide bonds. The van der Waals surface area contributed by atoms with Crippen LogP contribution in [0.3, 0.4) is 0 Å². The summed E-state index contributed by atoms with van der Waals surface area (Å²) in [7, 11) is 0. The first-order valence-electron chi connectivity index (χ1n) is 8.72. The number of amides is 2. The fraction of sp³-hybridized carbons (Fsp3) is 0.389. The Labute approximate surface area is 151 Å². The SMILES string of the molecule is CCNC(=O)Nc1cccc2c1[nH]c1ncnc(N[C@@H](CO)C(C)C)c12. The fourth-order valence-corrected chi connectivity index (χ4v) is 2.89. The number of aromatic amines is 1. The van der Waals surface area contributed by atoms with Crippen LogP contribution in [0.25, 0.3) is 21.9 Å². The second kappa shape index (κ2) is 7.57. The van der Waals surface area contributed by atoms with Crippen molar-refractivity contribution >= 4 is 39.5 Å². The Morgan fingerprint density at radius 3 is 2.81 bits per heavy atom. The van der Waals surface area contributed by atoms with E-state index in [-0.39, 0.29) is 24.6 Å². The van der Waals surface area contributed by atoms with Crippen molar-refractivity contribution in [2.75, 3.05) is 23.8 Å². The number of aliphatic hydroxyl groups excluding tert-OH is 1. The van der Waals surface area contributed by atoms with Crippen LogP contribution < -0.4 is 16.0 Å². The molecule has 0 aliphatic heterocycles. The van der Waals surface area contributed by atoms with Gasteiger partial charge in [0.1, 0.15) is 17.8 Å². The molecule has 3 rings (SSSR count). The molecule has 0 spiro atoms. The van der Waals surface area contributed by atoms with Crippen molar-refractivity contribution in [3.63, 3.8) is 0 Å². The summed E-state index contributed by atoms with van der Waals surface area (Å²) in [5, 5.41) is 20.2. The van der Waals surface area contributed by atoms with Gasteiger partial charge in [-0.05, 0) is 18.9 Å². The highest BCUT2D eigenvalue weighted by Crippen LogP contribution is 2.33. The van der Waals surface area contributed by atoms with E-state index in [2.05, 4.69) is 30.9 Å².